The smallest absolute Gasteiger partial charge is 0.214 e. The summed E-state index contributed by atoms with van der Waals surface area (Å²) in [5, 5.41) is 12.5. The molecule has 0 saturated carbocycles. The minimum Gasteiger partial charge on any atom is -0.467 e. The molecular formula is C19H25FN6O+2. The fraction of sp³-hybridized carbons (Fsp3) is 0.421. The van der Waals surface area contributed by atoms with Gasteiger partial charge in [0.15, 0.2) is 6.04 Å². The highest BCUT2D eigenvalue weighted by Crippen LogP contribution is 2.18. The zero-order valence-corrected chi connectivity index (χ0v) is 15.4. The monoisotopic (exact) mass is 372 g/mol. The number of likely N-dealkylation sites (N-methyl/N-ethyl adjacent to an activating group) is 1. The summed E-state index contributed by atoms with van der Waals surface area (Å²) < 4.78 is 20.7. The third-order valence-corrected chi connectivity index (χ3v) is 5.41. The van der Waals surface area contributed by atoms with Crippen molar-refractivity contribution in [2.75, 3.05) is 32.7 Å². The largest absolute Gasteiger partial charge is 0.467 e. The molecule has 0 bridgehead atoms. The molecule has 0 amide bonds. The molecule has 1 aliphatic rings. The summed E-state index contributed by atoms with van der Waals surface area (Å²) in [7, 11) is 0. The second-order valence-corrected chi connectivity index (χ2v) is 7.02. The Kier molecular flexibility index (Phi) is 5.26. The molecule has 8 heteroatoms. The Morgan fingerprint density at radius 3 is 2.59 bits per heavy atom. The summed E-state index contributed by atoms with van der Waals surface area (Å²) in [6.45, 7) is 8.13. The first kappa shape index (κ1) is 17.8. The fourth-order valence-electron chi connectivity index (χ4n) is 3.87. The van der Waals surface area contributed by atoms with Gasteiger partial charge in [-0.3, -0.25) is 0 Å². The van der Waals surface area contributed by atoms with Gasteiger partial charge in [0.25, 0.3) is 0 Å². The first-order valence-electron chi connectivity index (χ1n) is 9.46. The Hall–Kier alpha value is -2.58. The van der Waals surface area contributed by atoms with E-state index in [4.69, 9.17) is 4.42 Å². The molecule has 0 spiro atoms. The molecule has 1 fully saturated rings. The van der Waals surface area contributed by atoms with Crippen LogP contribution in [0.1, 0.15) is 30.1 Å². The summed E-state index contributed by atoms with van der Waals surface area (Å²) in [6, 6.07) is 10.4. The molecule has 3 aromatic rings. The van der Waals surface area contributed by atoms with Gasteiger partial charge in [-0.1, -0.05) is 0 Å². The van der Waals surface area contributed by atoms with E-state index in [0.717, 1.165) is 49.9 Å². The van der Waals surface area contributed by atoms with Crippen LogP contribution in [0.5, 0.6) is 0 Å². The normalized spacial score (nSPS) is 21.3. The zero-order valence-electron chi connectivity index (χ0n) is 15.4. The average molecular weight is 372 g/mol. The molecule has 142 valence electrons. The minimum absolute atomic E-state index is 0.0334. The standard InChI is InChI=1S/C19H23FN6O/c1-2-24-9-11-25(12-10-24)18(15-5-7-16(20)8-6-15)19-21-22-23-26(19)14-17-4-3-13-27-17/h3-8,13,18H,2,9-12,14H2,1H3/p+2/t18-/m0/s1. The number of halogens is 1. The van der Waals surface area contributed by atoms with Gasteiger partial charge in [0, 0.05) is 5.56 Å². The van der Waals surface area contributed by atoms with E-state index in [9.17, 15) is 4.39 Å². The van der Waals surface area contributed by atoms with E-state index in [0.29, 0.717) is 6.54 Å². The fourth-order valence-corrected chi connectivity index (χ4v) is 3.87. The highest BCUT2D eigenvalue weighted by molar-refractivity contribution is 5.23. The number of aromatic nitrogens is 4. The second-order valence-electron chi connectivity index (χ2n) is 7.02. The Morgan fingerprint density at radius 1 is 1.15 bits per heavy atom. The van der Waals surface area contributed by atoms with Gasteiger partial charge in [-0.05, 0) is 53.7 Å². The predicted molar refractivity (Wildman–Crippen MR) is 95.8 cm³/mol. The first-order chi connectivity index (χ1) is 13.2. The lowest BCUT2D eigenvalue weighted by atomic mass is 10.0. The molecular weight excluding hydrogens is 347 g/mol. The number of quaternary nitrogens is 2. The van der Waals surface area contributed by atoms with Crippen molar-refractivity contribution in [1.82, 2.24) is 20.2 Å². The van der Waals surface area contributed by atoms with E-state index in [2.05, 4.69) is 22.4 Å². The minimum atomic E-state index is -0.233. The summed E-state index contributed by atoms with van der Waals surface area (Å²) in [4.78, 5) is 3.03. The van der Waals surface area contributed by atoms with Crippen LogP contribution in [0.4, 0.5) is 4.39 Å². The van der Waals surface area contributed by atoms with Crippen LogP contribution in [0.3, 0.4) is 0 Å². The van der Waals surface area contributed by atoms with Crippen LogP contribution in [0.15, 0.2) is 47.1 Å². The van der Waals surface area contributed by atoms with Crippen molar-refractivity contribution < 1.29 is 18.6 Å². The van der Waals surface area contributed by atoms with E-state index < -0.39 is 0 Å². The van der Waals surface area contributed by atoms with Crippen LogP contribution in [0.25, 0.3) is 0 Å². The zero-order chi connectivity index (χ0) is 18.6. The van der Waals surface area contributed by atoms with Crippen molar-refractivity contribution >= 4 is 0 Å². The predicted octanol–water partition coefficient (Wildman–Crippen LogP) is -0.654. The van der Waals surface area contributed by atoms with Crippen molar-refractivity contribution in [3.05, 3.63) is 65.6 Å². The highest BCUT2D eigenvalue weighted by atomic mass is 19.1. The van der Waals surface area contributed by atoms with E-state index in [1.807, 2.05) is 24.3 Å². The maximum absolute atomic E-state index is 13.5. The Morgan fingerprint density at radius 2 is 1.93 bits per heavy atom. The summed E-state index contributed by atoms with van der Waals surface area (Å²) in [6.07, 6.45) is 1.65. The SMILES string of the molecule is CC[NH+]1CC[NH+]([C@@H](c2ccc(F)cc2)c2nnnn2Cc2ccco2)CC1. The molecule has 1 saturated heterocycles. The Labute approximate surface area is 157 Å². The van der Waals surface area contributed by atoms with Crippen molar-refractivity contribution in [1.29, 1.82) is 0 Å². The number of piperazine rings is 1. The topological polar surface area (TPSA) is 65.6 Å². The molecule has 0 aliphatic carbocycles. The van der Waals surface area contributed by atoms with Gasteiger partial charge >= 0.3 is 0 Å². The molecule has 0 radical (unpaired) electrons. The highest BCUT2D eigenvalue weighted by Gasteiger charge is 2.35. The number of benzene rings is 1. The molecule has 3 heterocycles. The number of nitrogens with one attached hydrogen (secondary N) is 2. The van der Waals surface area contributed by atoms with Crippen molar-refractivity contribution in [3.8, 4) is 0 Å². The number of rotatable bonds is 6. The van der Waals surface area contributed by atoms with E-state index >= 15 is 0 Å². The molecule has 7 nitrogen and oxygen atoms in total. The summed E-state index contributed by atoms with van der Waals surface area (Å²) in [5.74, 6) is 1.35. The van der Waals surface area contributed by atoms with Crippen molar-refractivity contribution in [3.63, 3.8) is 0 Å². The van der Waals surface area contributed by atoms with Crippen LogP contribution in [-0.4, -0.2) is 52.9 Å². The second kappa shape index (κ2) is 7.98. The van der Waals surface area contributed by atoms with Gasteiger partial charge in [-0.15, -0.1) is 5.10 Å². The van der Waals surface area contributed by atoms with E-state index in [1.54, 1.807) is 15.8 Å². The number of tetrazole rings is 1. The number of hydrogen-bond donors (Lipinski definition) is 2. The maximum atomic E-state index is 13.5. The molecule has 1 atom stereocenters. The number of nitrogens with zero attached hydrogens (tertiary/aromatic N) is 4. The van der Waals surface area contributed by atoms with Gasteiger partial charge in [-0.2, -0.15) is 0 Å². The Balaban J connectivity index is 1.66. The third kappa shape index (κ3) is 3.91. The molecule has 1 aliphatic heterocycles. The maximum Gasteiger partial charge on any atom is 0.214 e. The van der Waals surface area contributed by atoms with Crippen molar-refractivity contribution in [2.45, 2.75) is 19.5 Å². The van der Waals surface area contributed by atoms with Crippen molar-refractivity contribution in [2.24, 2.45) is 0 Å². The van der Waals surface area contributed by atoms with E-state index in [-0.39, 0.29) is 11.9 Å². The van der Waals surface area contributed by atoms with Gasteiger partial charge in [0.05, 0.1) is 12.8 Å². The number of furan rings is 1. The van der Waals surface area contributed by atoms with Gasteiger partial charge in [0.1, 0.15) is 44.3 Å². The Bertz CT molecular complexity index is 839. The molecule has 2 N–H and O–H groups in total. The molecule has 4 rings (SSSR count). The third-order valence-electron chi connectivity index (χ3n) is 5.41. The molecule has 1 aromatic carbocycles. The molecule has 27 heavy (non-hydrogen) atoms. The summed E-state index contributed by atoms with van der Waals surface area (Å²) >= 11 is 0. The van der Waals surface area contributed by atoms with Crippen LogP contribution >= 0.6 is 0 Å². The molecule has 2 aromatic heterocycles. The van der Waals surface area contributed by atoms with Crippen LogP contribution in [0, 0.1) is 5.82 Å². The van der Waals surface area contributed by atoms with Crippen LogP contribution in [0.2, 0.25) is 0 Å². The average Bonchev–Trinajstić information content (AvgIpc) is 3.37. The lowest BCUT2D eigenvalue weighted by Gasteiger charge is -2.33. The quantitative estimate of drug-likeness (QED) is 0.603. The molecule has 0 unspecified atom stereocenters. The van der Waals surface area contributed by atoms with Gasteiger partial charge in [0.2, 0.25) is 5.82 Å². The first-order valence-corrected chi connectivity index (χ1v) is 9.46. The number of hydrogen-bond acceptors (Lipinski definition) is 4. The van der Waals surface area contributed by atoms with E-state index in [1.165, 1.54) is 17.0 Å². The summed E-state index contributed by atoms with van der Waals surface area (Å²) in [5.41, 5.74) is 1.03. The van der Waals surface area contributed by atoms with Gasteiger partial charge in [-0.25, -0.2) is 9.07 Å². The van der Waals surface area contributed by atoms with Crippen LogP contribution in [-0.2, 0) is 6.54 Å². The van der Waals surface area contributed by atoms with Crippen LogP contribution < -0.4 is 9.80 Å². The lowest BCUT2D eigenvalue weighted by molar-refractivity contribution is -1.02. The van der Waals surface area contributed by atoms with Gasteiger partial charge < -0.3 is 14.2 Å². The lowest BCUT2D eigenvalue weighted by Crippen LogP contribution is -3.28.